The van der Waals surface area contributed by atoms with Gasteiger partial charge >= 0.3 is 17.8 Å². The van der Waals surface area contributed by atoms with Crippen LogP contribution in [0.5, 0.6) is 11.5 Å². The van der Waals surface area contributed by atoms with Gasteiger partial charge in [-0.1, -0.05) is 30.3 Å². The molecule has 0 saturated carbocycles. The number of carbonyl (C=O) groups excluding carboxylic acids is 1. The molecule has 0 N–H and O–H groups in total. The van der Waals surface area contributed by atoms with Crippen LogP contribution < -0.4 is 4.74 Å². The lowest BCUT2D eigenvalue weighted by Crippen LogP contribution is -2.06. The van der Waals surface area contributed by atoms with Gasteiger partial charge in [0.25, 0.3) is 0 Å². The van der Waals surface area contributed by atoms with Crippen LogP contribution in [0.2, 0.25) is 0 Å². The molecule has 1 aliphatic rings. The fourth-order valence-electron chi connectivity index (χ4n) is 3.18. The Bertz CT molecular complexity index is 1350. The average molecular weight is 468 g/mol. The summed E-state index contributed by atoms with van der Waals surface area (Å²) in [6.45, 7) is 1.87. The molecule has 0 bridgehead atoms. The molecule has 3 aromatic carbocycles. The van der Waals surface area contributed by atoms with E-state index < -0.39 is 28.3 Å². The number of carbonyl (C=O) groups is 1. The van der Waals surface area contributed by atoms with Crippen LogP contribution in [0.1, 0.15) is 22.3 Å². The Morgan fingerprint density at radius 2 is 1.76 bits per heavy atom. The molecule has 1 aliphatic heterocycles. The first kappa shape index (κ1) is 22.7. The second kappa shape index (κ2) is 8.81. The van der Waals surface area contributed by atoms with Gasteiger partial charge in [-0.25, -0.2) is 9.79 Å². The number of nitro groups is 1. The molecule has 0 aliphatic carbocycles. The minimum Gasteiger partial charge on any atom is -0.450 e. The number of rotatable bonds is 5. The fraction of sp³-hybridized carbons (Fsp3) is 0.0833. The van der Waals surface area contributed by atoms with E-state index in [-0.39, 0.29) is 23.1 Å². The van der Waals surface area contributed by atoms with Gasteiger partial charge in [0.1, 0.15) is 5.75 Å². The van der Waals surface area contributed by atoms with E-state index in [9.17, 15) is 28.1 Å². The van der Waals surface area contributed by atoms with Crippen LogP contribution in [0, 0.1) is 17.0 Å². The second-order valence-corrected chi connectivity index (χ2v) is 7.26. The highest BCUT2D eigenvalue weighted by atomic mass is 19.4. The first-order valence-corrected chi connectivity index (χ1v) is 9.84. The first-order chi connectivity index (χ1) is 16.1. The number of aryl methyl sites for hydroxylation is 1. The molecule has 0 atom stereocenters. The van der Waals surface area contributed by atoms with Gasteiger partial charge in [0.2, 0.25) is 11.6 Å². The number of esters is 1. The zero-order valence-electron chi connectivity index (χ0n) is 17.5. The minimum atomic E-state index is -4.72. The van der Waals surface area contributed by atoms with Gasteiger partial charge in [0.05, 0.1) is 10.5 Å². The maximum atomic E-state index is 12.9. The normalized spacial score (nSPS) is 14.6. The summed E-state index contributed by atoms with van der Waals surface area (Å²) in [5.74, 6) is -0.595. The highest BCUT2D eigenvalue weighted by Gasteiger charge is 2.33. The molecule has 7 nitrogen and oxygen atoms in total. The van der Waals surface area contributed by atoms with Crippen LogP contribution in [0.25, 0.3) is 6.08 Å². The van der Waals surface area contributed by atoms with E-state index in [1.165, 1.54) is 18.2 Å². The molecule has 4 rings (SSSR count). The Morgan fingerprint density at radius 1 is 1.06 bits per heavy atom. The van der Waals surface area contributed by atoms with Gasteiger partial charge in [0.15, 0.2) is 5.70 Å². The number of benzene rings is 3. The third kappa shape index (κ3) is 4.80. The van der Waals surface area contributed by atoms with Gasteiger partial charge in [-0.05, 0) is 54.5 Å². The summed E-state index contributed by atoms with van der Waals surface area (Å²) in [6, 6.07) is 15.4. The Hall–Kier alpha value is -4.47. The monoisotopic (exact) mass is 468 g/mol. The number of aliphatic imine (C=N–C) groups is 1. The molecule has 0 fully saturated rings. The lowest BCUT2D eigenvalue weighted by molar-refractivity contribution is -0.385. The summed E-state index contributed by atoms with van der Waals surface area (Å²) >= 11 is 0. The van der Waals surface area contributed by atoms with Gasteiger partial charge in [-0.3, -0.25) is 10.1 Å². The van der Waals surface area contributed by atoms with Crippen LogP contribution in [0.15, 0.2) is 77.4 Å². The quantitative estimate of drug-likeness (QED) is 0.197. The van der Waals surface area contributed by atoms with Crippen LogP contribution in [0.3, 0.4) is 0 Å². The standard InChI is InChI=1S/C24H15F3N2O5/c1-14-4-2-3-5-18(14)22-28-19(23(30)34-22)12-15-6-9-17(10-7-15)33-21-11-8-16(24(25,26)27)13-20(21)29(31)32/h2-13H,1H3/b19-12-. The van der Waals surface area contributed by atoms with Crippen molar-refractivity contribution in [1.82, 2.24) is 0 Å². The molecule has 0 unspecified atom stereocenters. The van der Waals surface area contributed by atoms with Crippen molar-refractivity contribution in [2.45, 2.75) is 13.1 Å². The maximum absolute atomic E-state index is 12.9. The van der Waals surface area contributed by atoms with Crippen molar-refractivity contribution in [2.75, 3.05) is 0 Å². The average Bonchev–Trinajstić information content (AvgIpc) is 3.14. The smallest absolute Gasteiger partial charge is 0.416 e. The zero-order chi connectivity index (χ0) is 24.5. The Labute approximate surface area is 190 Å². The van der Waals surface area contributed by atoms with Crippen molar-refractivity contribution in [3.05, 3.63) is 105 Å². The predicted octanol–water partition coefficient (Wildman–Crippen LogP) is 6.06. The Morgan fingerprint density at radius 3 is 2.41 bits per heavy atom. The van der Waals surface area contributed by atoms with E-state index in [1.54, 1.807) is 24.3 Å². The third-order valence-corrected chi connectivity index (χ3v) is 4.89. The Balaban J connectivity index is 1.55. The van der Waals surface area contributed by atoms with Crippen LogP contribution in [-0.4, -0.2) is 16.8 Å². The largest absolute Gasteiger partial charge is 0.450 e. The fourth-order valence-corrected chi connectivity index (χ4v) is 3.18. The van der Waals surface area contributed by atoms with Crippen LogP contribution in [-0.2, 0) is 15.7 Å². The molecule has 34 heavy (non-hydrogen) atoms. The molecule has 3 aromatic rings. The van der Waals surface area contributed by atoms with E-state index in [2.05, 4.69) is 4.99 Å². The minimum absolute atomic E-state index is 0.0882. The number of alkyl halides is 3. The maximum Gasteiger partial charge on any atom is 0.416 e. The predicted molar refractivity (Wildman–Crippen MR) is 116 cm³/mol. The third-order valence-electron chi connectivity index (χ3n) is 4.89. The summed E-state index contributed by atoms with van der Waals surface area (Å²) in [5, 5.41) is 11.2. The number of hydrogen-bond acceptors (Lipinski definition) is 6. The summed E-state index contributed by atoms with van der Waals surface area (Å²) in [7, 11) is 0. The molecule has 10 heteroatoms. The molecule has 0 aromatic heterocycles. The number of hydrogen-bond donors (Lipinski definition) is 0. The van der Waals surface area contributed by atoms with Crippen molar-refractivity contribution in [3.8, 4) is 11.5 Å². The molecule has 0 radical (unpaired) electrons. The molecule has 0 spiro atoms. The van der Waals surface area contributed by atoms with E-state index in [0.29, 0.717) is 23.3 Å². The summed E-state index contributed by atoms with van der Waals surface area (Å²) < 4.78 is 49.3. The van der Waals surface area contributed by atoms with Crippen LogP contribution in [0.4, 0.5) is 18.9 Å². The number of nitro benzene ring substituents is 1. The van der Waals surface area contributed by atoms with E-state index in [0.717, 1.165) is 11.6 Å². The van der Waals surface area contributed by atoms with Gasteiger partial charge in [0, 0.05) is 11.6 Å². The highest BCUT2D eigenvalue weighted by molar-refractivity contribution is 6.13. The lowest BCUT2D eigenvalue weighted by Gasteiger charge is -2.10. The lowest BCUT2D eigenvalue weighted by atomic mass is 10.1. The topological polar surface area (TPSA) is 91.0 Å². The second-order valence-electron chi connectivity index (χ2n) is 7.26. The molecule has 1 heterocycles. The SMILES string of the molecule is Cc1ccccc1C1=N/C(=C\c2ccc(Oc3ccc(C(F)(F)F)cc3[N+](=O)[O-])cc2)C(=O)O1. The van der Waals surface area contributed by atoms with Crippen LogP contribution >= 0.6 is 0 Å². The number of nitrogens with zero attached hydrogens (tertiary/aromatic N) is 2. The number of cyclic esters (lactones) is 1. The van der Waals surface area contributed by atoms with Gasteiger partial charge in [-0.2, -0.15) is 13.2 Å². The molecule has 0 amide bonds. The van der Waals surface area contributed by atoms with Crippen molar-refractivity contribution in [2.24, 2.45) is 4.99 Å². The van der Waals surface area contributed by atoms with Crippen molar-refractivity contribution >= 4 is 23.6 Å². The number of halogens is 3. The van der Waals surface area contributed by atoms with E-state index >= 15 is 0 Å². The Kier molecular flexibility index (Phi) is 5.89. The van der Waals surface area contributed by atoms with Crippen molar-refractivity contribution in [3.63, 3.8) is 0 Å². The molecule has 0 saturated heterocycles. The van der Waals surface area contributed by atoms with Crippen molar-refractivity contribution in [1.29, 1.82) is 0 Å². The van der Waals surface area contributed by atoms with Crippen molar-refractivity contribution < 1.29 is 32.4 Å². The summed E-state index contributed by atoms with van der Waals surface area (Å²) in [5.41, 5.74) is 0.284. The van der Waals surface area contributed by atoms with Gasteiger partial charge in [-0.15, -0.1) is 0 Å². The highest BCUT2D eigenvalue weighted by Crippen LogP contribution is 2.38. The van der Waals surface area contributed by atoms with E-state index in [1.807, 2.05) is 19.1 Å². The summed E-state index contributed by atoms with van der Waals surface area (Å²) in [6.07, 6.45) is -3.22. The molecule has 172 valence electrons. The first-order valence-electron chi connectivity index (χ1n) is 9.84. The van der Waals surface area contributed by atoms with E-state index in [4.69, 9.17) is 9.47 Å². The molecular weight excluding hydrogens is 453 g/mol. The van der Waals surface area contributed by atoms with Gasteiger partial charge < -0.3 is 9.47 Å². The zero-order valence-corrected chi connectivity index (χ0v) is 17.5. The molecular formula is C24H15F3N2O5. The number of ether oxygens (including phenoxy) is 2. The summed E-state index contributed by atoms with van der Waals surface area (Å²) in [4.78, 5) is 26.7.